The van der Waals surface area contributed by atoms with Crippen LogP contribution in [0.25, 0.3) is 0 Å². The van der Waals surface area contributed by atoms with Crippen LogP contribution in [0, 0.1) is 10.1 Å². The summed E-state index contributed by atoms with van der Waals surface area (Å²) in [7, 11) is 0. The molecule has 0 aliphatic rings. The highest BCUT2D eigenvalue weighted by Crippen LogP contribution is 2.23. The number of anilines is 1. The van der Waals surface area contributed by atoms with Gasteiger partial charge in [-0.25, -0.2) is 0 Å². The highest BCUT2D eigenvalue weighted by Gasteiger charge is 2.13. The Bertz CT molecular complexity index is 689. The van der Waals surface area contributed by atoms with Crippen LogP contribution in [0.1, 0.15) is 10.4 Å². The Morgan fingerprint density at radius 2 is 1.90 bits per heavy atom. The van der Waals surface area contributed by atoms with E-state index in [1.165, 1.54) is 30.3 Å². The van der Waals surface area contributed by atoms with Crippen LogP contribution in [0.15, 0.2) is 42.5 Å². The lowest BCUT2D eigenvalue weighted by atomic mass is 10.2. The van der Waals surface area contributed by atoms with Crippen molar-refractivity contribution in [1.29, 1.82) is 0 Å². The maximum Gasteiger partial charge on any atom is 0.271 e. The van der Waals surface area contributed by atoms with Gasteiger partial charge in [0.15, 0.2) is 0 Å². The molecule has 2 aromatic rings. The molecule has 0 unspecified atom stereocenters. The van der Waals surface area contributed by atoms with Crippen LogP contribution in [0.4, 0.5) is 11.4 Å². The Morgan fingerprint density at radius 3 is 2.60 bits per heavy atom. The minimum atomic E-state index is -0.540. The van der Waals surface area contributed by atoms with Crippen molar-refractivity contribution in [3.63, 3.8) is 0 Å². The third kappa shape index (κ3) is 3.26. The van der Waals surface area contributed by atoms with Crippen molar-refractivity contribution < 1.29 is 9.72 Å². The Hall–Kier alpha value is -2.11. The second kappa shape index (κ2) is 5.90. The summed E-state index contributed by atoms with van der Waals surface area (Å²) in [6, 6.07) is 10.1. The first-order valence-electron chi connectivity index (χ1n) is 5.48. The van der Waals surface area contributed by atoms with Gasteiger partial charge in [0.2, 0.25) is 0 Å². The first kappa shape index (κ1) is 14.3. The van der Waals surface area contributed by atoms with E-state index in [0.717, 1.165) is 0 Å². The van der Waals surface area contributed by atoms with Gasteiger partial charge in [0, 0.05) is 22.8 Å². The Labute approximate surface area is 124 Å². The molecule has 102 valence electrons. The van der Waals surface area contributed by atoms with E-state index in [-0.39, 0.29) is 16.3 Å². The standard InChI is InChI=1S/C13H8Cl2N2O3/c14-8-4-5-12(15)11(6-8)13(18)16-9-2-1-3-10(7-9)17(19)20/h1-7H,(H,16,18). The van der Waals surface area contributed by atoms with Crippen molar-refractivity contribution in [2.45, 2.75) is 0 Å². The molecule has 0 spiro atoms. The molecule has 0 radical (unpaired) electrons. The van der Waals surface area contributed by atoms with E-state index in [1.54, 1.807) is 12.1 Å². The van der Waals surface area contributed by atoms with E-state index in [0.29, 0.717) is 10.7 Å². The minimum absolute atomic E-state index is 0.111. The van der Waals surface area contributed by atoms with Crippen molar-refractivity contribution in [2.24, 2.45) is 0 Å². The Morgan fingerprint density at radius 1 is 1.15 bits per heavy atom. The molecule has 0 aliphatic heterocycles. The van der Waals surface area contributed by atoms with Gasteiger partial charge in [-0.2, -0.15) is 0 Å². The molecule has 2 aromatic carbocycles. The van der Waals surface area contributed by atoms with Crippen LogP contribution >= 0.6 is 23.2 Å². The summed E-state index contributed by atoms with van der Waals surface area (Å²) < 4.78 is 0. The number of nitrogens with one attached hydrogen (secondary N) is 1. The zero-order chi connectivity index (χ0) is 14.7. The summed E-state index contributed by atoms with van der Waals surface area (Å²) in [5.41, 5.74) is 0.394. The second-order valence-electron chi connectivity index (χ2n) is 3.89. The van der Waals surface area contributed by atoms with Gasteiger partial charge in [-0.1, -0.05) is 29.3 Å². The lowest BCUT2D eigenvalue weighted by Crippen LogP contribution is -2.12. The van der Waals surface area contributed by atoms with E-state index < -0.39 is 10.8 Å². The Balaban J connectivity index is 2.25. The number of amides is 1. The van der Waals surface area contributed by atoms with E-state index in [2.05, 4.69) is 5.32 Å². The van der Waals surface area contributed by atoms with Gasteiger partial charge in [-0.05, 0) is 24.3 Å². The molecule has 2 rings (SSSR count). The van der Waals surface area contributed by atoms with Crippen molar-refractivity contribution in [2.75, 3.05) is 5.32 Å². The average Bonchev–Trinajstić information content (AvgIpc) is 2.41. The molecule has 1 amide bonds. The highest BCUT2D eigenvalue weighted by molar-refractivity contribution is 6.36. The number of nitrogens with zero attached hydrogens (tertiary/aromatic N) is 1. The summed E-state index contributed by atoms with van der Waals surface area (Å²) in [6.45, 7) is 0. The molecule has 0 fully saturated rings. The normalized spacial score (nSPS) is 10.1. The first-order valence-corrected chi connectivity index (χ1v) is 6.24. The maximum atomic E-state index is 12.0. The van der Waals surface area contributed by atoms with Crippen molar-refractivity contribution in [3.05, 3.63) is 68.2 Å². The second-order valence-corrected chi connectivity index (χ2v) is 4.73. The van der Waals surface area contributed by atoms with Crippen LogP contribution in [0.2, 0.25) is 10.0 Å². The van der Waals surface area contributed by atoms with Gasteiger partial charge in [-0.15, -0.1) is 0 Å². The first-order chi connectivity index (χ1) is 9.47. The number of benzene rings is 2. The smallest absolute Gasteiger partial charge is 0.271 e. The predicted octanol–water partition coefficient (Wildman–Crippen LogP) is 4.15. The number of hydrogen-bond donors (Lipinski definition) is 1. The summed E-state index contributed by atoms with van der Waals surface area (Å²) in [6.07, 6.45) is 0. The van der Waals surface area contributed by atoms with Crippen LogP contribution in [-0.2, 0) is 0 Å². The van der Waals surface area contributed by atoms with Gasteiger partial charge >= 0.3 is 0 Å². The van der Waals surface area contributed by atoms with Crippen molar-refractivity contribution >= 4 is 40.5 Å². The highest BCUT2D eigenvalue weighted by atomic mass is 35.5. The molecule has 0 saturated carbocycles. The number of rotatable bonds is 3. The molecule has 0 aromatic heterocycles. The van der Waals surface area contributed by atoms with Crippen molar-refractivity contribution in [3.8, 4) is 0 Å². The lowest BCUT2D eigenvalue weighted by molar-refractivity contribution is -0.384. The fraction of sp³-hybridized carbons (Fsp3) is 0. The molecule has 0 heterocycles. The van der Waals surface area contributed by atoms with E-state index in [9.17, 15) is 14.9 Å². The average molecular weight is 311 g/mol. The third-order valence-electron chi connectivity index (χ3n) is 2.49. The van der Waals surface area contributed by atoms with Gasteiger partial charge in [-0.3, -0.25) is 14.9 Å². The number of hydrogen-bond acceptors (Lipinski definition) is 3. The third-order valence-corrected chi connectivity index (χ3v) is 3.05. The van der Waals surface area contributed by atoms with Gasteiger partial charge < -0.3 is 5.32 Å². The van der Waals surface area contributed by atoms with Gasteiger partial charge in [0.1, 0.15) is 0 Å². The minimum Gasteiger partial charge on any atom is -0.322 e. The number of non-ortho nitro benzene ring substituents is 1. The van der Waals surface area contributed by atoms with E-state index in [1.807, 2.05) is 0 Å². The fourth-order valence-electron chi connectivity index (χ4n) is 1.57. The quantitative estimate of drug-likeness (QED) is 0.683. The summed E-state index contributed by atoms with van der Waals surface area (Å²) >= 11 is 11.7. The maximum absolute atomic E-state index is 12.0. The molecule has 0 aliphatic carbocycles. The molecule has 0 bridgehead atoms. The zero-order valence-electron chi connectivity index (χ0n) is 9.97. The molecule has 0 atom stereocenters. The van der Waals surface area contributed by atoms with Gasteiger partial charge in [0.05, 0.1) is 15.5 Å². The fourth-order valence-corrected chi connectivity index (χ4v) is 1.94. The SMILES string of the molecule is O=C(Nc1cccc([N+](=O)[O-])c1)c1cc(Cl)ccc1Cl. The molecule has 5 nitrogen and oxygen atoms in total. The molecular weight excluding hydrogens is 303 g/mol. The lowest BCUT2D eigenvalue weighted by Gasteiger charge is -2.07. The van der Waals surface area contributed by atoms with E-state index >= 15 is 0 Å². The zero-order valence-corrected chi connectivity index (χ0v) is 11.5. The molecule has 7 heteroatoms. The van der Waals surface area contributed by atoms with E-state index in [4.69, 9.17) is 23.2 Å². The summed E-state index contributed by atoms with van der Waals surface area (Å²) in [5, 5.41) is 13.8. The van der Waals surface area contributed by atoms with Crippen molar-refractivity contribution in [1.82, 2.24) is 0 Å². The monoisotopic (exact) mass is 310 g/mol. The Kier molecular flexibility index (Phi) is 4.22. The largest absolute Gasteiger partial charge is 0.322 e. The number of halogens is 2. The van der Waals surface area contributed by atoms with Gasteiger partial charge in [0.25, 0.3) is 11.6 Å². The van der Waals surface area contributed by atoms with Crippen LogP contribution in [0.5, 0.6) is 0 Å². The molecular formula is C13H8Cl2N2O3. The summed E-state index contributed by atoms with van der Waals surface area (Å²) in [4.78, 5) is 22.2. The number of nitro groups is 1. The molecule has 20 heavy (non-hydrogen) atoms. The van der Waals surface area contributed by atoms with Crippen LogP contribution in [-0.4, -0.2) is 10.8 Å². The number of nitro benzene ring substituents is 1. The number of carbonyl (C=O) groups is 1. The predicted molar refractivity (Wildman–Crippen MR) is 77.5 cm³/mol. The topological polar surface area (TPSA) is 72.2 Å². The molecule has 0 saturated heterocycles. The summed E-state index contributed by atoms with van der Waals surface area (Å²) in [5.74, 6) is -0.488. The number of carbonyl (C=O) groups excluding carboxylic acids is 1. The molecule has 1 N–H and O–H groups in total. The van der Waals surface area contributed by atoms with Crippen LogP contribution in [0.3, 0.4) is 0 Å². The van der Waals surface area contributed by atoms with Crippen LogP contribution < -0.4 is 5.32 Å².